The molecule has 1 N–H and O–H groups in total. The maximum atomic E-state index is 11.1. The van der Waals surface area contributed by atoms with Gasteiger partial charge in [0.1, 0.15) is 5.03 Å². The van der Waals surface area contributed by atoms with Gasteiger partial charge in [-0.1, -0.05) is 0 Å². The molecule has 0 bridgehead atoms. The summed E-state index contributed by atoms with van der Waals surface area (Å²) in [6, 6.07) is 1.81. The number of carbonyl (C=O) groups is 1. The molecule has 0 amide bonds. The zero-order valence-electron chi connectivity index (χ0n) is 9.61. The Labute approximate surface area is 104 Å². The number of aromatic nitrogens is 1. The molecule has 0 unspecified atom stereocenters. The average molecular weight is 257 g/mol. The summed E-state index contributed by atoms with van der Waals surface area (Å²) in [7, 11) is 0. The van der Waals surface area contributed by atoms with Crippen LogP contribution in [0.2, 0.25) is 0 Å². The number of pyridine rings is 1. The highest BCUT2D eigenvalue weighted by Crippen LogP contribution is 2.24. The van der Waals surface area contributed by atoms with Crippen LogP contribution in [0, 0.1) is 13.8 Å². The molecule has 0 aromatic carbocycles. The lowest BCUT2D eigenvalue weighted by Crippen LogP contribution is -2.05. The van der Waals surface area contributed by atoms with E-state index in [1.807, 2.05) is 26.2 Å². The van der Waals surface area contributed by atoms with E-state index in [0.29, 0.717) is 10.6 Å². The lowest BCUT2D eigenvalue weighted by Gasteiger charge is -2.08. The van der Waals surface area contributed by atoms with E-state index < -0.39 is 5.97 Å². The smallest absolute Gasteiger partial charge is 0.338 e. The first-order chi connectivity index (χ1) is 7.56. The SMILES string of the molecule is CSCCSc1nc(C)cc(C)c1C(=O)O. The molecule has 0 saturated heterocycles. The molecule has 1 heterocycles. The summed E-state index contributed by atoms with van der Waals surface area (Å²) >= 11 is 3.26. The van der Waals surface area contributed by atoms with Crippen molar-refractivity contribution in [1.29, 1.82) is 0 Å². The third kappa shape index (κ3) is 3.42. The molecule has 0 radical (unpaired) electrons. The van der Waals surface area contributed by atoms with Gasteiger partial charge in [-0.3, -0.25) is 0 Å². The molecular formula is C11H15NO2S2. The molecule has 0 saturated carbocycles. The number of hydrogen-bond donors (Lipinski definition) is 1. The van der Waals surface area contributed by atoms with E-state index in [1.54, 1.807) is 11.8 Å². The summed E-state index contributed by atoms with van der Waals surface area (Å²) in [5.74, 6) is 0.993. The molecule has 0 aliphatic rings. The van der Waals surface area contributed by atoms with Crippen LogP contribution in [0.15, 0.2) is 11.1 Å². The predicted octanol–water partition coefficient (Wildman–Crippen LogP) is 2.85. The van der Waals surface area contributed by atoms with Gasteiger partial charge in [-0.25, -0.2) is 9.78 Å². The van der Waals surface area contributed by atoms with Gasteiger partial charge in [0.05, 0.1) is 5.56 Å². The second-order valence-electron chi connectivity index (χ2n) is 3.41. The number of aryl methyl sites for hydroxylation is 2. The van der Waals surface area contributed by atoms with Crippen LogP contribution >= 0.6 is 23.5 Å². The number of carboxylic acids is 1. The molecule has 88 valence electrons. The maximum Gasteiger partial charge on any atom is 0.338 e. The number of nitrogens with zero attached hydrogens (tertiary/aromatic N) is 1. The highest BCUT2D eigenvalue weighted by molar-refractivity contribution is 8.02. The lowest BCUT2D eigenvalue weighted by molar-refractivity contribution is 0.0691. The average Bonchev–Trinajstić information content (AvgIpc) is 2.16. The Morgan fingerprint density at radius 2 is 2.12 bits per heavy atom. The Bertz CT molecular complexity index is 394. The van der Waals surface area contributed by atoms with Gasteiger partial charge in [-0.05, 0) is 31.7 Å². The van der Waals surface area contributed by atoms with Crippen molar-refractivity contribution in [3.05, 3.63) is 22.9 Å². The summed E-state index contributed by atoms with van der Waals surface area (Å²) < 4.78 is 0. The highest BCUT2D eigenvalue weighted by Gasteiger charge is 2.15. The maximum absolute atomic E-state index is 11.1. The Hall–Kier alpha value is -0.680. The minimum atomic E-state index is -0.892. The number of hydrogen-bond acceptors (Lipinski definition) is 4. The minimum Gasteiger partial charge on any atom is -0.478 e. The first-order valence-corrected chi connectivity index (χ1v) is 7.27. The zero-order valence-corrected chi connectivity index (χ0v) is 11.2. The van der Waals surface area contributed by atoms with Crippen LogP contribution in [0.5, 0.6) is 0 Å². The summed E-state index contributed by atoms with van der Waals surface area (Å²) in [6.45, 7) is 3.70. The topological polar surface area (TPSA) is 50.2 Å². The van der Waals surface area contributed by atoms with Crippen LogP contribution in [-0.2, 0) is 0 Å². The Morgan fingerprint density at radius 1 is 1.44 bits per heavy atom. The van der Waals surface area contributed by atoms with Crippen molar-refractivity contribution in [2.75, 3.05) is 17.8 Å². The molecule has 0 aliphatic carbocycles. The molecule has 0 aliphatic heterocycles. The van der Waals surface area contributed by atoms with Gasteiger partial charge < -0.3 is 5.11 Å². The minimum absolute atomic E-state index is 0.344. The lowest BCUT2D eigenvalue weighted by atomic mass is 10.1. The monoisotopic (exact) mass is 257 g/mol. The van der Waals surface area contributed by atoms with Crippen molar-refractivity contribution in [1.82, 2.24) is 4.98 Å². The molecule has 3 nitrogen and oxygen atoms in total. The third-order valence-electron chi connectivity index (χ3n) is 2.05. The highest BCUT2D eigenvalue weighted by atomic mass is 32.2. The number of thioether (sulfide) groups is 2. The Balaban J connectivity index is 2.99. The van der Waals surface area contributed by atoms with Crippen LogP contribution in [0.4, 0.5) is 0 Å². The van der Waals surface area contributed by atoms with Crippen molar-refractivity contribution >= 4 is 29.5 Å². The molecule has 1 aromatic rings. The largest absolute Gasteiger partial charge is 0.478 e. The van der Waals surface area contributed by atoms with E-state index in [1.165, 1.54) is 11.8 Å². The van der Waals surface area contributed by atoms with E-state index in [0.717, 1.165) is 22.8 Å². The fraction of sp³-hybridized carbons (Fsp3) is 0.455. The Morgan fingerprint density at radius 3 is 2.69 bits per heavy atom. The first kappa shape index (κ1) is 13.4. The van der Waals surface area contributed by atoms with Gasteiger partial charge in [0.2, 0.25) is 0 Å². The first-order valence-electron chi connectivity index (χ1n) is 4.89. The van der Waals surface area contributed by atoms with E-state index in [-0.39, 0.29) is 0 Å². The number of aromatic carboxylic acids is 1. The standard InChI is InChI=1S/C11H15NO2S2/c1-7-6-8(2)12-10(9(7)11(13)14)16-5-4-15-3/h6H,4-5H2,1-3H3,(H,13,14). The quantitative estimate of drug-likeness (QED) is 0.649. The van der Waals surface area contributed by atoms with E-state index >= 15 is 0 Å². The second kappa shape index (κ2) is 6.15. The van der Waals surface area contributed by atoms with Gasteiger partial charge in [0.15, 0.2) is 0 Å². The molecule has 16 heavy (non-hydrogen) atoms. The molecule has 0 fully saturated rings. The number of carboxylic acid groups (broad SMARTS) is 1. The van der Waals surface area contributed by atoms with E-state index in [9.17, 15) is 4.79 Å². The van der Waals surface area contributed by atoms with Crippen LogP contribution in [0.1, 0.15) is 21.6 Å². The fourth-order valence-electron chi connectivity index (χ4n) is 1.39. The molecule has 5 heteroatoms. The van der Waals surface area contributed by atoms with Crippen molar-refractivity contribution in [3.63, 3.8) is 0 Å². The van der Waals surface area contributed by atoms with Gasteiger partial charge in [0, 0.05) is 17.2 Å². The summed E-state index contributed by atoms with van der Waals surface area (Å²) in [6.07, 6.45) is 2.04. The predicted molar refractivity (Wildman–Crippen MR) is 69.8 cm³/mol. The summed E-state index contributed by atoms with van der Waals surface area (Å²) in [5.41, 5.74) is 2.00. The Kier molecular flexibility index (Phi) is 5.15. The van der Waals surface area contributed by atoms with Crippen LogP contribution in [-0.4, -0.2) is 33.8 Å². The summed E-state index contributed by atoms with van der Waals surface area (Å²) in [5, 5.41) is 9.77. The number of rotatable bonds is 5. The second-order valence-corrected chi connectivity index (χ2v) is 5.48. The van der Waals surface area contributed by atoms with E-state index in [2.05, 4.69) is 4.98 Å². The van der Waals surface area contributed by atoms with Gasteiger partial charge in [-0.2, -0.15) is 11.8 Å². The van der Waals surface area contributed by atoms with Crippen molar-refractivity contribution in [2.45, 2.75) is 18.9 Å². The fourth-order valence-corrected chi connectivity index (χ4v) is 3.18. The molecule has 0 spiro atoms. The summed E-state index contributed by atoms with van der Waals surface area (Å²) in [4.78, 5) is 15.4. The van der Waals surface area contributed by atoms with Gasteiger partial charge in [-0.15, -0.1) is 11.8 Å². The van der Waals surface area contributed by atoms with Crippen molar-refractivity contribution in [2.24, 2.45) is 0 Å². The van der Waals surface area contributed by atoms with Crippen LogP contribution < -0.4 is 0 Å². The van der Waals surface area contributed by atoms with Crippen LogP contribution in [0.3, 0.4) is 0 Å². The molecule has 1 rings (SSSR count). The van der Waals surface area contributed by atoms with Gasteiger partial charge >= 0.3 is 5.97 Å². The normalized spacial score (nSPS) is 10.4. The molecule has 1 aromatic heterocycles. The molecule has 0 atom stereocenters. The van der Waals surface area contributed by atoms with Crippen molar-refractivity contribution in [3.8, 4) is 0 Å². The van der Waals surface area contributed by atoms with Gasteiger partial charge in [0.25, 0.3) is 0 Å². The van der Waals surface area contributed by atoms with E-state index in [4.69, 9.17) is 5.11 Å². The van der Waals surface area contributed by atoms with Crippen molar-refractivity contribution < 1.29 is 9.90 Å². The van der Waals surface area contributed by atoms with Crippen LogP contribution in [0.25, 0.3) is 0 Å². The third-order valence-corrected chi connectivity index (χ3v) is 3.90. The zero-order chi connectivity index (χ0) is 12.1. The molecular weight excluding hydrogens is 242 g/mol.